The van der Waals surface area contributed by atoms with E-state index in [4.69, 9.17) is 27.9 Å². The Morgan fingerprint density at radius 2 is 2.17 bits per heavy atom. The number of aliphatic hydroxyl groups excluding tert-OH is 1. The fraction of sp³-hybridized carbons (Fsp3) is 0.300. The number of aromatic amines is 1. The number of fused-ring (bicyclic) bond motifs is 1. The molecule has 1 unspecified atom stereocenters. The minimum atomic E-state index is -0.762. The van der Waals surface area contributed by atoms with Gasteiger partial charge in [-0.1, -0.05) is 23.2 Å². The van der Waals surface area contributed by atoms with Crippen LogP contribution in [0.3, 0.4) is 0 Å². The molecule has 1 amide bonds. The van der Waals surface area contributed by atoms with Crippen LogP contribution in [-0.4, -0.2) is 47.0 Å². The molecule has 2 aromatic carbocycles. The van der Waals surface area contributed by atoms with E-state index >= 15 is 0 Å². The lowest BCUT2D eigenvalue weighted by molar-refractivity contribution is 0.00634. The van der Waals surface area contributed by atoms with Crippen molar-refractivity contribution in [2.45, 2.75) is 19.2 Å². The Balaban J connectivity index is 1.49. The Bertz CT molecular complexity index is 1060. The fourth-order valence-corrected chi connectivity index (χ4v) is 3.77. The zero-order valence-corrected chi connectivity index (χ0v) is 17.2. The molecule has 3 N–H and O–H groups in total. The number of halogens is 2. The highest BCUT2D eigenvalue weighted by atomic mass is 35.5. The number of rotatable bonds is 4. The Hall–Kier alpha value is -2.32. The maximum absolute atomic E-state index is 12.7. The van der Waals surface area contributed by atoms with Gasteiger partial charge in [0.15, 0.2) is 6.23 Å². The molecule has 1 saturated heterocycles. The van der Waals surface area contributed by atoms with E-state index in [0.29, 0.717) is 40.3 Å². The second-order valence-corrected chi connectivity index (χ2v) is 7.74. The van der Waals surface area contributed by atoms with Gasteiger partial charge in [0.25, 0.3) is 5.91 Å². The van der Waals surface area contributed by atoms with Gasteiger partial charge < -0.3 is 25.0 Å². The number of nitrogens with zero attached hydrogens (tertiary/aromatic N) is 2. The predicted octanol–water partition coefficient (Wildman–Crippen LogP) is 3.52. The van der Waals surface area contributed by atoms with Crippen molar-refractivity contribution in [3.05, 3.63) is 57.8 Å². The third-order valence-electron chi connectivity index (χ3n) is 4.84. The maximum atomic E-state index is 12.7. The van der Waals surface area contributed by atoms with E-state index in [2.05, 4.69) is 15.3 Å². The number of hydrogen-bond acceptors (Lipinski definition) is 5. The number of benzene rings is 2. The summed E-state index contributed by atoms with van der Waals surface area (Å²) >= 11 is 12.4. The first-order valence-electron chi connectivity index (χ1n) is 9.20. The summed E-state index contributed by atoms with van der Waals surface area (Å²) in [6.07, 6.45) is -0.762. The van der Waals surface area contributed by atoms with E-state index in [0.717, 1.165) is 11.0 Å². The molecule has 1 aliphatic rings. The summed E-state index contributed by atoms with van der Waals surface area (Å²) in [5, 5.41) is 14.0. The van der Waals surface area contributed by atoms with Gasteiger partial charge in [0.05, 0.1) is 41.0 Å². The molecule has 1 aromatic heterocycles. The van der Waals surface area contributed by atoms with Crippen molar-refractivity contribution in [1.29, 1.82) is 0 Å². The predicted molar refractivity (Wildman–Crippen MR) is 113 cm³/mol. The normalized spacial score (nSPS) is 18.1. The van der Waals surface area contributed by atoms with Gasteiger partial charge in [-0.05, 0) is 43.3 Å². The summed E-state index contributed by atoms with van der Waals surface area (Å²) in [6.45, 7) is 3.10. The van der Waals surface area contributed by atoms with E-state index < -0.39 is 6.23 Å². The quantitative estimate of drug-likeness (QED) is 0.584. The number of aromatic nitrogens is 2. The van der Waals surface area contributed by atoms with Crippen LogP contribution in [0.1, 0.15) is 29.1 Å². The number of carbonyl (C=O) groups excluding carboxylic acids is 1. The third kappa shape index (κ3) is 4.18. The highest BCUT2D eigenvalue weighted by molar-refractivity contribution is 6.33. The maximum Gasteiger partial charge on any atom is 0.251 e. The number of hydrogen-bond donors (Lipinski definition) is 3. The van der Waals surface area contributed by atoms with Crippen molar-refractivity contribution >= 4 is 45.8 Å². The van der Waals surface area contributed by atoms with E-state index in [9.17, 15) is 9.90 Å². The Labute approximate surface area is 177 Å². The van der Waals surface area contributed by atoms with E-state index in [1.54, 1.807) is 35.2 Å². The van der Waals surface area contributed by atoms with Gasteiger partial charge in [-0.15, -0.1) is 0 Å². The minimum Gasteiger partial charge on any atom is -0.375 e. The van der Waals surface area contributed by atoms with Gasteiger partial charge in [-0.2, -0.15) is 0 Å². The van der Waals surface area contributed by atoms with Crippen LogP contribution in [0.2, 0.25) is 10.0 Å². The lowest BCUT2D eigenvalue weighted by Crippen LogP contribution is -2.45. The van der Waals surface area contributed by atoms with Crippen LogP contribution in [0.5, 0.6) is 0 Å². The van der Waals surface area contributed by atoms with Crippen LogP contribution < -0.4 is 10.2 Å². The zero-order chi connectivity index (χ0) is 20.5. The van der Waals surface area contributed by atoms with Crippen molar-refractivity contribution in [2.75, 3.05) is 24.7 Å². The summed E-state index contributed by atoms with van der Waals surface area (Å²) in [7, 11) is 0. The summed E-state index contributed by atoms with van der Waals surface area (Å²) in [5.41, 5.74) is 2.68. The minimum absolute atomic E-state index is 0.221. The van der Waals surface area contributed by atoms with Crippen LogP contribution in [-0.2, 0) is 4.74 Å². The highest BCUT2D eigenvalue weighted by Gasteiger charge is 2.23. The number of carbonyl (C=O) groups is 1. The van der Waals surface area contributed by atoms with Crippen molar-refractivity contribution in [2.24, 2.45) is 0 Å². The van der Waals surface area contributed by atoms with Gasteiger partial charge in [0, 0.05) is 17.1 Å². The first kappa shape index (κ1) is 20.0. The second kappa shape index (κ2) is 8.20. The molecule has 29 heavy (non-hydrogen) atoms. The molecule has 0 radical (unpaired) electrons. The van der Waals surface area contributed by atoms with Gasteiger partial charge >= 0.3 is 0 Å². The first-order chi connectivity index (χ1) is 13.9. The molecule has 0 aliphatic carbocycles. The Morgan fingerprint density at radius 1 is 1.34 bits per heavy atom. The largest absolute Gasteiger partial charge is 0.375 e. The van der Waals surface area contributed by atoms with Crippen LogP contribution in [0.4, 0.5) is 5.69 Å². The van der Waals surface area contributed by atoms with Gasteiger partial charge in [-0.3, -0.25) is 4.79 Å². The molecule has 2 heterocycles. The molecule has 1 aliphatic heterocycles. The van der Waals surface area contributed by atoms with Crippen molar-refractivity contribution in [3.63, 3.8) is 0 Å². The summed E-state index contributed by atoms with van der Waals surface area (Å²) in [5.74, 6) is 0.363. The highest BCUT2D eigenvalue weighted by Crippen LogP contribution is 2.29. The average molecular weight is 435 g/mol. The van der Waals surface area contributed by atoms with Gasteiger partial charge in [0.2, 0.25) is 0 Å². The van der Waals surface area contributed by atoms with Gasteiger partial charge in [-0.25, -0.2) is 4.98 Å². The molecule has 0 saturated carbocycles. The molecular weight excluding hydrogens is 415 g/mol. The number of H-pyrrole nitrogens is 1. The van der Waals surface area contributed by atoms with Crippen LogP contribution in [0.25, 0.3) is 11.0 Å². The topological polar surface area (TPSA) is 90.5 Å². The molecule has 4 rings (SSSR count). The third-order valence-corrected chi connectivity index (χ3v) is 5.38. The summed E-state index contributed by atoms with van der Waals surface area (Å²) in [6, 6.07) is 10.1. The molecule has 9 heteroatoms. The molecule has 152 valence electrons. The number of anilines is 1. The summed E-state index contributed by atoms with van der Waals surface area (Å²) < 4.78 is 5.23. The number of ether oxygens (including phenoxy) is 1. The van der Waals surface area contributed by atoms with E-state index in [-0.39, 0.29) is 18.6 Å². The lowest BCUT2D eigenvalue weighted by atomic mass is 10.1. The van der Waals surface area contributed by atoms with E-state index in [1.165, 1.54) is 0 Å². The molecule has 0 spiro atoms. The molecule has 3 aromatic rings. The van der Waals surface area contributed by atoms with Crippen LogP contribution in [0.15, 0.2) is 36.4 Å². The number of amides is 1. The van der Waals surface area contributed by atoms with Crippen molar-refractivity contribution in [1.82, 2.24) is 15.3 Å². The average Bonchev–Trinajstić information content (AvgIpc) is 3.12. The first-order valence-corrected chi connectivity index (χ1v) is 9.96. The second-order valence-electron chi connectivity index (χ2n) is 6.89. The molecule has 0 bridgehead atoms. The summed E-state index contributed by atoms with van der Waals surface area (Å²) in [4.78, 5) is 22.1. The number of imidazole rings is 1. The molecule has 2 atom stereocenters. The Kier molecular flexibility index (Phi) is 5.65. The van der Waals surface area contributed by atoms with Crippen LogP contribution >= 0.6 is 23.2 Å². The zero-order valence-electron chi connectivity index (χ0n) is 15.7. The lowest BCUT2D eigenvalue weighted by Gasteiger charge is -2.34. The molecule has 7 nitrogen and oxygen atoms in total. The molecule has 1 fully saturated rings. The van der Waals surface area contributed by atoms with Gasteiger partial charge in [0.1, 0.15) is 5.82 Å². The van der Waals surface area contributed by atoms with E-state index in [1.807, 2.05) is 13.0 Å². The fourth-order valence-electron chi connectivity index (χ4n) is 3.31. The number of nitrogens with one attached hydrogen (secondary N) is 2. The molecular formula is C20H20Cl2N4O3. The van der Waals surface area contributed by atoms with Crippen molar-refractivity contribution in [3.8, 4) is 0 Å². The number of aliphatic hydroxyl groups is 1. The standard InChI is InChI=1S/C20H20Cl2N4O3/c1-11(19-24-15-4-3-13(21)9-16(15)25-19)23-20(28)12-2-5-17(14(22)8-12)26-6-7-29-10-18(26)27/h2-5,8-9,11,18,27H,6-7,10H2,1H3,(H,23,28)(H,24,25)/t11-,18?/m0/s1. The Morgan fingerprint density at radius 3 is 2.93 bits per heavy atom. The SMILES string of the molecule is C[C@H](NC(=O)c1ccc(N2CCOCC2O)c(Cl)c1)c1nc2ccc(Cl)cc2[nH]1. The van der Waals surface area contributed by atoms with Crippen molar-refractivity contribution < 1.29 is 14.6 Å². The number of morpholine rings is 1. The smallest absolute Gasteiger partial charge is 0.251 e. The monoisotopic (exact) mass is 434 g/mol. The van der Waals surface area contributed by atoms with Crippen LogP contribution in [0, 0.1) is 0 Å².